The standard InChI is InChI=1S/C22H21N3O6S2/c1-16-3-11-21(12-4-16)32(27,28)25-23-15-18-5-9-20(10-6-18)31-33(29,30)22-13-7-19(8-14-22)24-17(2)26/h3-15,25H,1-2H3,(H,24,26)/b23-15-. The van der Waals surface area contributed by atoms with E-state index in [4.69, 9.17) is 4.18 Å². The highest BCUT2D eigenvalue weighted by Gasteiger charge is 2.17. The summed E-state index contributed by atoms with van der Waals surface area (Å²) in [5.41, 5.74) is 1.91. The van der Waals surface area contributed by atoms with E-state index >= 15 is 0 Å². The Bertz CT molecular complexity index is 1370. The lowest BCUT2D eigenvalue weighted by Gasteiger charge is -2.08. The molecule has 11 heteroatoms. The van der Waals surface area contributed by atoms with Crippen LogP contribution >= 0.6 is 0 Å². The molecule has 0 spiro atoms. The van der Waals surface area contributed by atoms with E-state index in [2.05, 4.69) is 15.2 Å². The molecular weight excluding hydrogens is 466 g/mol. The van der Waals surface area contributed by atoms with Crippen LogP contribution in [0.25, 0.3) is 0 Å². The van der Waals surface area contributed by atoms with E-state index < -0.39 is 20.1 Å². The fourth-order valence-electron chi connectivity index (χ4n) is 2.63. The van der Waals surface area contributed by atoms with Gasteiger partial charge in [0.15, 0.2) is 0 Å². The molecule has 3 rings (SSSR count). The van der Waals surface area contributed by atoms with Crippen LogP contribution in [-0.4, -0.2) is 29.0 Å². The number of aryl methyl sites for hydroxylation is 1. The van der Waals surface area contributed by atoms with Crippen LogP contribution in [0.3, 0.4) is 0 Å². The van der Waals surface area contributed by atoms with Gasteiger partial charge in [-0.1, -0.05) is 17.7 Å². The van der Waals surface area contributed by atoms with Crippen LogP contribution in [0.5, 0.6) is 5.75 Å². The van der Waals surface area contributed by atoms with Gasteiger partial charge in [0.1, 0.15) is 10.6 Å². The van der Waals surface area contributed by atoms with Crippen LogP contribution in [0.15, 0.2) is 87.7 Å². The number of sulfonamides is 1. The van der Waals surface area contributed by atoms with Crippen molar-refractivity contribution in [3.05, 3.63) is 83.9 Å². The van der Waals surface area contributed by atoms with Crippen molar-refractivity contribution in [2.45, 2.75) is 23.6 Å². The third-order valence-electron chi connectivity index (χ3n) is 4.27. The highest BCUT2D eigenvalue weighted by Crippen LogP contribution is 2.20. The average molecular weight is 488 g/mol. The minimum absolute atomic E-state index is 0.0679. The number of hydrazone groups is 1. The Kier molecular flexibility index (Phi) is 7.14. The highest BCUT2D eigenvalue weighted by atomic mass is 32.2. The summed E-state index contributed by atoms with van der Waals surface area (Å²) in [6, 6.07) is 17.7. The summed E-state index contributed by atoms with van der Waals surface area (Å²) in [4.78, 5) is 13.2. The summed E-state index contributed by atoms with van der Waals surface area (Å²) >= 11 is 0. The summed E-state index contributed by atoms with van der Waals surface area (Å²) in [5, 5.41) is 6.29. The number of nitrogens with zero attached hydrogens (tertiary/aromatic N) is 1. The molecule has 0 bridgehead atoms. The fourth-order valence-corrected chi connectivity index (χ4v) is 4.35. The van der Waals surface area contributed by atoms with Crippen LogP contribution < -0.4 is 14.3 Å². The van der Waals surface area contributed by atoms with Gasteiger partial charge in [-0.3, -0.25) is 4.79 Å². The zero-order valence-corrected chi connectivity index (χ0v) is 19.4. The maximum atomic E-state index is 12.4. The molecule has 3 aromatic carbocycles. The third kappa shape index (κ3) is 6.64. The summed E-state index contributed by atoms with van der Waals surface area (Å²) < 4.78 is 54.5. The summed E-state index contributed by atoms with van der Waals surface area (Å²) in [6.07, 6.45) is 1.28. The van der Waals surface area contributed by atoms with Crippen LogP contribution in [0.1, 0.15) is 18.1 Å². The lowest BCUT2D eigenvalue weighted by Crippen LogP contribution is -2.18. The maximum absolute atomic E-state index is 12.4. The van der Waals surface area contributed by atoms with Gasteiger partial charge in [-0.15, -0.1) is 0 Å². The Morgan fingerprint density at radius 1 is 0.848 bits per heavy atom. The Hall–Kier alpha value is -3.70. The number of amides is 1. The number of carbonyl (C=O) groups is 1. The van der Waals surface area contributed by atoms with Crippen LogP contribution in [0, 0.1) is 6.92 Å². The highest BCUT2D eigenvalue weighted by molar-refractivity contribution is 7.89. The smallest absolute Gasteiger partial charge is 0.339 e. The first-order chi connectivity index (χ1) is 15.5. The van der Waals surface area contributed by atoms with Gasteiger partial charge in [0.2, 0.25) is 5.91 Å². The van der Waals surface area contributed by atoms with Gasteiger partial charge >= 0.3 is 10.1 Å². The molecule has 0 saturated heterocycles. The number of hydrogen-bond acceptors (Lipinski definition) is 7. The van der Waals surface area contributed by atoms with Crippen molar-refractivity contribution >= 4 is 38.0 Å². The van der Waals surface area contributed by atoms with Gasteiger partial charge < -0.3 is 9.50 Å². The number of nitrogens with one attached hydrogen (secondary N) is 2. The Labute approximate surface area is 192 Å². The fraction of sp³-hybridized carbons (Fsp3) is 0.0909. The summed E-state index contributed by atoms with van der Waals surface area (Å²) in [7, 11) is -7.87. The molecule has 0 radical (unpaired) electrons. The molecule has 0 unspecified atom stereocenters. The molecule has 33 heavy (non-hydrogen) atoms. The predicted molar refractivity (Wildman–Crippen MR) is 124 cm³/mol. The molecule has 0 aliphatic rings. The first-order valence-electron chi connectivity index (χ1n) is 9.59. The quantitative estimate of drug-likeness (QED) is 0.285. The van der Waals surface area contributed by atoms with E-state index in [-0.39, 0.29) is 21.4 Å². The molecule has 0 fully saturated rings. The average Bonchev–Trinajstić information content (AvgIpc) is 2.75. The zero-order valence-electron chi connectivity index (χ0n) is 17.7. The van der Waals surface area contributed by atoms with Gasteiger partial charge in [-0.25, -0.2) is 4.83 Å². The summed E-state index contributed by atoms with van der Waals surface area (Å²) in [5.74, 6) is -0.202. The first kappa shape index (κ1) is 24.0. The van der Waals surface area contributed by atoms with Crippen molar-refractivity contribution in [1.29, 1.82) is 0 Å². The zero-order chi connectivity index (χ0) is 24.1. The number of anilines is 1. The molecule has 0 saturated carbocycles. The topological polar surface area (TPSA) is 131 Å². The SMILES string of the molecule is CC(=O)Nc1ccc(S(=O)(=O)Oc2ccc(/C=N\NS(=O)(=O)c3ccc(C)cc3)cc2)cc1. The van der Waals surface area contributed by atoms with Crippen molar-refractivity contribution < 1.29 is 25.8 Å². The maximum Gasteiger partial charge on any atom is 0.339 e. The predicted octanol–water partition coefficient (Wildman–Crippen LogP) is 3.03. The Morgan fingerprint density at radius 2 is 1.42 bits per heavy atom. The van der Waals surface area contributed by atoms with Gasteiger partial charge in [-0.2, -0.15) is 21.9 Å². The van der Waals surface area contributed by atoms with Crippen molar-refractivity contribution in [2.75, 3.05) is 5.32 Å². The second kappa shape index (κ2) is 9.84. The Balaban J connectivity index is 1.63. The lowest BCUT2D eigenvalue weighted by atomic mass is 10.2. The van der Waals surface area contributed by atoms with Gasteiger partial charge in [0.25, 0.3) is 10.0 Å². The molecule has 1 amide bonds. The van der Waals surface area contributed by atoms with E-state index in [0.29, 0.717) is 11.3 Å². The molecule has 9 nitrogen and oxygen atoms in total. The van der Waals surface area contributed by atoms with E-state index in [1.165, 1.54) is 73.8 Å². The molecule has 0 aliphatic carbocycles. The number of carbonyl (C=O) groups excluding carboxylic acids is 1. The molecule has 172 valence electrons. The Morgan fingerprint density at radius 3 is 2.00 bits per heavy atom. The molecule has 3 aromatic rings. The van der Waals surface area contributed by atoms with Crippen molar-refractivity contribution in [2.24, 2.45) is 5.10 Å². The van der Waals surface area contributed by atoms with Gasteiger partial charge in [-0.05, 0) is 73.2 Å². The molecule has 0 aromatic heterocycles. The minimum atomic E-state index is -4.08. The second-order valence-electron chi connectivity index (χ2n) is 6.98. The van der Waals surface area contributed by atoms with Crippen LogP contribution in [0.2, 0.25) is 0 Å². The van der Waals surface area contributed by atoms with Crippen LogP contribution in [0.4, 0.5) is 5.69 Å². The minimum Gasteiger partial charge on any atom is -0.379 e. The second-order valence-corrected chi connectivity index (χ2v) is 10.2. The van der Waals surface area contributed by atoms with Gasteiger partial charge in [0, 0.05) is 12.6 Å². The lowest BCUT2D eigenvalue weighted by molar-refractivity contribution is -0.114. The third-order valence-corrected chi connectivity index (χ3v) is 6.77. The van der Waals surface area contributed by atoms with Crippen molar-refractivity contribution in [1.82, 2.24) is 4.83 Å². The number of hydrogen-bond donors (Lipinski definition) is 2. The normalized spacial score (nSPS) is 11.8. The van der Waals surface area contributed by atoms with Gasteiger partial charge in [0.05, 0.1) is 11.1 Å². The largest absolute Gasteiger partial charge is 0.379 e. The molecule has 2 N–H and O–H groups in total. The molecular formula is C22H21N3O6S2. The number of benzene rings is 3. The van der Waals surface area contributed by atoms with Crippen molar-refractivity contribution in [3.63, 3.8) is 0 Å². The van der Waals surface area contributed by atoms with E-state index in [1.807, 2.05) is 6.92 Å². The van der Waals surface area contributed by atoms with E-state index in [1.54, 1.807) is 12.1 Å². The molecule has 0 aliphatic heterocycles. The van der Waals surface area contributed by atoms with Crippen LogP contribution in [-0.2, 0) is 24.9 Å². The van der Waals surface area contributed by atoms with E-state index in [9.17, 15) is 21.6 Å². The number of rotatable bonds is 8. The summed E-state index contributed by atoms with van der Waals surface area (Å²) in [6.45, 7) is 3.20. The monoisotopic (exact) mass is 487 g/mol. The van der Waals surface area contributed by atoms with E-state index in [0.717, 1.165) is 5.56 Å². The molecule has 0 atom stereocenters. The van der Waals surface area contributed by atoms with Crippen molar-refractivity contribution in [3.8, 4) is 5.75 Å². The molecule has 0 heterocycles. The first-order valence-corrected chi connectivity index (χ1v) is 12.5.